The minimum Gasteiger partial charge on any atom is -0.439 e. The van der Waals surface area contributed by atoms with Gasteiger partial charge in [0.05, 0.1) is 23.0 Å². The number of alkyl halides is 5. The highest BCUT2D eigenvalue weighted by Gasteiger charge is 2.63. The molecule has 216 valence electrons. The maximum Gasteiger partial charge on any atom is 0.463 e. The number of Topliss-reactive ketones (excluding diaryl/α,β-unsaturated/α-hetero) is 1. The summed E-state index contributed by atoms with van der Waals surface area (Å²) in [5.74, 6) is -8.99. The van der Waals surface area contributed by atoms with Crippen molar-refractivity contribution in [1.29, 1.82) is 5.26 Å². The van der Waals surface area contributed by atoms with E-state index in [9.17, 15) is 40.4 Å². The molecule has 1 aliphatic heterocycles. The number of benzene rings is 1. The van der Waals surface area contributed by atoms with Crippen molar-refractivity contribution in [2.24, 2.45) is 11.3 Å². The zero-order chi connectivity index (χ0) is 28.9. The predicted molar refractivity (Wildman–Crippen MR) is 134 cm³/mol. The monoisotopic (exact) mass is 585 g/mol. The Bertz CT molecular complexity index is 1410. The van der Waals surface area contributed by atoms with Crippen LogP contribution in [-0.4, -0.2) is 50.0 Å². The maximum absolute atomic E-state index is 14.4. The highest BCUT2D eigenvalue weighted by molar-refractivity contribution is 7.91. The second kappa shape index (κ2) is 10.1. The van der Waals surface area contributed by atoms with E-state index in [1.807, 2.05) is 4.90 Å². The van der Waals surface area contributed by atoms with Gasteiger partial charge in [0, 0.05) is 42.6 Å². The highest BCUT2D eigenvalue weighted by atomic mass is 32.2. The number of aromatic nitrogens is 1. The van der Waals surface area contributed by atoms with E-state index in [4.69, 9.17) is 4.42 Å². The summed E-state index contributed by atoms with van der Waals surface area (Å²) in [5.41, 5.74) is 0.00430. The molecule has 1 saturated heterocycles. The summed E-state index contributed by atoms with van der Waals surface area (Å²) >= 11 is 0. The topological polar surface area (TPSA) is 104 Å². The molecule has 2 atom stereocenters. The molecule has 0 bridgehead atoms. The second-order valence-electron chi connectivity index (χ2n) is 11.0. The Labute approximate surface area is 228 Å². The lowest BCUT2D eigenvalue weighted by atomic mass is 9.73. The fourth-order valence-electron chi connectivity index (χ4n) is 5.62. The average Bonchev–Trinajstić information content (AvgIpc) is 3.54. The van der Waals surface area contributed by atoms with Crippen molar-refractivity contribution in [3.63, 3.8) is 0 Å². The summed E-state index contributed by atoms with van der Waals surface area (Å²) in [6.45, 7) is 0.545. The quantitative estimate of drug-likeness (QED) is 0.380. The molecule has 7 nitrogen and oxygen atoms in total. The Hall–Kier alpha value is -3.01. The fourth-order valence-corrected chi connectivity index (χ4v) is 6.82. The van der Waals surface area contributed by atoms with Crippen LogP contribution in [0.3, 0.4) is 0 Å². The molecule has 1 aromatic heterocycles. The van der Waals surface area contributed by atoms with Crippen LogP contribution in [-0.2, 0) is 20.6 Å². The number of oxazole rings is 1. The molecule has 0 unspecified atom stereocenters. The van der Waals surface area contributed by atoms with Crippen LogP contribution in [0.5, 0.6) is 0 Å². The number of rotatable bonds is 7. The van der Waals surface area contributed by atoms with Crippen molar-refractivity contribution in [3.8, 4) is 17.3 Å². The molecular weight excluding hydrogens is 557 g/mol. The molecule has 0 spiro atoms. The molecule has 3 aliphatic rings. The van der Waals surface area contributed by atoms with E-state index in [2.05, 4.69) is 11.1 Å². The number of ketones is 1. The molecule has 13 heteroatoms. The van der Waals surface area contributed by atoms with Crippen LogP contribution in [0.1, 0.15) is 62.5 Å². The van der Waals surface area contributed by atoms with Crippen LogP contribution in [0.4, 0.5) is 27.6 Å². The number of halogens is 5. The van der Waals surface area contributed by atoms with E-state index in [0.29, 0.717) is 44.2 Å². The number of hydrogen-bond acceptors (Lipinski definition) is 7. The zero-order valence-electron chi connectivity index (χ0n) is 21.5. The summed E-state index contributed by atoms with van der Waals surface area (Å²) < 4.78 is 97.4. The van der Waals surface area contributed by atoms with E-state index in [-0.39, 0.29) is 53.8 Å². The van der Waals surface area contributed by atoms with Crippen molar-refractivity contribution < 1.29 is 39.6 Å². The summed E-state index contributed by atoms with van der Waals surface area (Å²) in [6, 6.07) is 8.46. The Kier molecular flexibility index (Phi) is 7.21. The first-order valence-corrected chi connectivity index (χ1v) is 15.0. The van der Waals surface area contributed by atoms with E-state index in [1.165, 1.54) is 12.1 Å². The van der Waals surface area contributed by atoms with Gasteiger partial charge in [0.25, 0.3) is 5.89 Å². The van der Waals surface area contributed by atoms with Gasteiger partial charge in [-0.2, -0.15) is 27.2 Å². The minimum absolute atomic E-state index is 0.0117. The summed E-state index contributed by atoms with van der Waals surface area (Å²) in [5, 5.41) is 9.44. The molecule has 2 heterocycles. The van der Waals surface area contributed by atoms with Crippen LogP contribution < -0.4 is 4.90 Å². The molecule has 1 aromatic carbocycles. The number of nitrogens with zero attached hydrogens (tertiary/aromatic N) is 3. The number of anilines is 1. The highest BCUT2D eigenvalue weighted by Crippen LogP contribution is 2.52. The third kappa shape index (κ3) is 5.47. The first-order chi connectivity index (χ1) is 18.8. The smallest absolute Gasteiger partial charge is 0.439 e. The Morgan fingerprint density at radius 1 is 1.07 bits per heavy atom. The molecule has 3 fully saturated rings. The Morgan fingerprint density at radius 3 is 2.27 bits per heavy atom. The van der Waals surface area contributed by atoms with Crippen molar-refractivity contribution in [2.45, 2.75) is 63.0 Å². The van der Waals surface area contributed by atoms with Crippen molar-refractivity contribution in [3.05, 3.63) is 35.9 Å². The number of hydrogen-bond donors (Lipinski definition) is 0. The van der Waals surface area contributed by atoms with Crippen LogP contribution in [0.15, 0.2) is 28.7 Å². The van der Waals surface area contributed by atoms with Crippen molar-refractivity contribution in [2.75, 3.05) is 29.5 Å². The molecule has 5 rings (SSSR count). The van der Waals surface area contributed by atoms with E-state index < -0.39 is 45.1 Å². The van der Waals surface area contributed by atoms with Crippen molar-refractivity contribution >= 4 is 21.3 Å². The molecule has 2 aromatic rings. The van der Waals surface area contributed by atoms with Gasteiger partial charge in [0.2, 0.25) is 0 Å². The van der Waals surface area contributed by atoms with Crippen LogP contribution >= 0.6 is 0 Å². The summed E-state index contributed by atoms with van der Waals surface area (Å²) in [6.07, 6.45) is -2.67. The molecule has 2 aliphatic carbocycles. The average molecular weight is 586 g/mol. The van der Waals surface area contributed by atoms with Gasteiger partial charge in [0.1, 0.15) is 17.2 Å². The summed E-state index contributed by atoms with van der Waals surface area (Å²) in [4.78, 5) is 18.8. The normalized spacial score (nSPS) is 24.4. The van der Waals surface area contributed by atoms with Gasteiger partial charge < -0.3 is 9.32 Å². The van der Waals surface area contributed by atoms with Crippen molar-refractivity contribution in [1.82, 2.24) is 4.98 Å². The summed E-state index contributed by atoms with van der Waals surface area (Å²) in [7, 11) is -3.11. The minimum atomic E-state index is -5.93. The standard InChI is InChI=1S/C27H28F5N3O4S/c28-26(29,27(30,31)32)24-34-22(17-5-7-18(8-6-17)35-11-13-40(37,38)14-12-35)23(39-24)20-4-2-1-3-19(20)21(36)15-25(16-33)9-10-25/h5-8,19-20H,1-4,9-15H2/t19-,20-/m1/s1. The van der Waals surface area contributed by atoms with E-state index in [0.717, 1.165) is 0 Å². The van der Waals surface area contributed by atoms with Crippen LogP contribution in [0.25, 0.3) is 11.3 Å². The molecule has 0 amide bonds. The third-order valence-electron chi connectivity index (χ3n) is 8.25. The predicted octanol–water partition coefficient (Wildman–Crippen LogP) is 5.77. The first-order valence-electron chi connectivity index (χ1n) is 13.2. The lowest BCUT2D eigenvalue weighted by Gasteiger charge is -2.30. The number of nitriles is 1. The number of carbonyl (C=O) groups is 1. The Balaban J connectivity index is 1.51. The number of sulfone groups is 1. The molecular formula is C27H28F5N3O4S. The van der Waals surface area contributed by atoms with Crippen LogP contribution in [0.2, 0.25) is 0 Å². The second-order valence-corrected chi connectivity index (χ2v) is 13.3. The van der Waals surface area contributed by atoms with Gasteiger partial charge in [-0.05, 0) is 37.8 Å². The van der Waals surface area contributed by atoms with E-state index >= 15 is 0 Å². The SMILES string of the molecule is N#CC1(CC(=O)[C@@H]2CCCC[C@H]2c2oc(C(F)(F)C(F)(F)F)nc2-c2ccc(N3CCS(=O)(=O)CC3)cc2)CC1. The van der Waals surface area contributed by atoms with Crippen LogP contribution in [0, 0.1) is 22.7 Å². The maximum atomic E-state index is 14.4. The first kappa shape index (κ1) is 28.5. The van der Waals surface area contributed by atoms with Gasteiger partial charge in [-0.3, -0.25) is 4.79 Å². The van der Waals surface area contributed by atoms with Gasteiger partial charge in [0.15, 0.2) is 9.84 Å². The molecule has 0 radical (unpaired) electrons. The van der Waals surface area contributed by atoms with Gasteiger partial charge in [-0.1, -0.05) is 25.0 Å². The number of carbonyl (C=O) groups excluding carboxylic acids is 1. The third-order valence-corrected chi connectivity index (χ3v) is 9.86. The van der Waals surface area contributed by atoms with Gasteiger partial charge in [-0.25, -0.2) is 13.4 Å². The van der Waals surface area contributed by atoms with Gasteiger partial charge >= 0.3 is 12.1 Å². The largest absolute Gasteiger partial charge is 0.463 e. The van der Waals surface area contributed by atoms with E-state index in [1.54, 1.807) is 12.1 Å². The van der Waals surface area contributed by atoms with Gasteiger partial charge in [-0.15, -0.1) is 0 Å². The fraction of sp³-hybridized carbons (Fsp3) is 0.593. The zero-order valence-corrected chi connectivity index (χ0v) is 22.3. The lowest BCUT2D eigenvalue weighted by Crippen LogP contribution is -2.40. The lowest BCUT2D eigenvalue weighted by molar-refractivity contribution is -0.297. The Morgan fingerprint density at radius 2 is 1.70 bits per heavy atom. The molecule has 2 saturated carbocycles. The molecule has 40 heavy (non-hydrogen) atoms. The molecule has 0 N–H and O–H groups in total.